The van der Waals surface area contributed by atoms with Crippen LogP contribution >= 0.6 is 11.8 Å². The second-order valence-corrected chi connectivity index (χ2v) is 5.74. The highest BCUT2D eigenvalue weighted by atomic mass is 32.2. The minimum atomic E-state index is -0.356. The van der Waals surface area contributed by atoms with E-state index in [4.69, 9.17) is 10.3 Å². The monoisotopic (exact) mass is 302 g/mol. The number of benzene rings is 2. The summed E-state index contributed by atoms with van der Waals surface area (Å²) in [5.41, 5.74) is 3.01. The molecule has 1 atom stereocenters. The van der Waals surface area contributed by atoms with Gasteiger partial charge in [0, 0.05) is 16.0 Å². The Labute approximate surface area is 126 Å². The van der Waals surface area contributed by atoms with Crippen LogP contribution in [0.2, 0.25) is 0 Å². The Balaban J connectivity index is 1.80. The number of hydrogen-bond donors (Lipinski definition) is 2. The Hall–Kier alpha value is -1.82. The van der Waals surface area contributed by atoms with Crippen LogP contribution in [-0.2, 0) is 0 Å². The molecule has 1 heterocycles. The minimum Gasteiger partial charge on any atom is -0.456 e. The smallest absolute Gasteiger partial charge is 0.169 e. The first-order valence-corrected chi connectivity index (χ1v) is 7.58. The van der Waals surface area contributed by atoms with E-state index in [0.717, 1.165) is 10.3 Å². The summed E-state index contributed by atoms with van der Waals surface area (Å²) < 4.78 is 19.3. The van der Waals surface area contributed by atoms with Gasteiger partial charge in [-0.3, -0.25) is 5.84 Å². The minimum absolute atomic E-state index is 0.179. The summed E-state index contributed by atoms with van der Waals surface area (Å²) >= 11 is 1.67. The highest BCUT2D eigenvalue weighted by Gasteiger charge is 2.17. The van der Waals surface area contributed by atoms with Gasteiger partial charge >= 0.3 is 0 Å². The third kappa shape index (κ3) is 3.10. The van der Waals surface area contributed by atoms with Crippen molar-refractivity contribution in [2.24, 2.45) is 5.84 Å². The van der Waals surface area contributed by atoms with Gasteiger partial charge in [-0.1, -0.05) is 30.3 Å². The third-order valence-corrected chi connectivity index (χ3v) is 4.33. The van der Waals surface area contributed by atoms with Gasteiger partial charge in [0.25, 0.3) is 0 Å². The molecule has 108 valence electrons. The number of rotatable bonds is 5. The van der Waals surface area contributed by atoms with Crippen LogP contribution in [0.1, 0.15) is 11.8 Å². The summed E-state index contributed by atoms with van der Waals surface area (Å²) in [4.78, 5) is 1.15. The Morgan fingerprint density at radius 3 is 2.67 bits per heavy atom. The van der Waals surface area contributed by atoms with Gasteiger partial charge in [-0.05, 0) is 24.3 Å². The first-order chi connectivity index (χ1) is 10.3. The van der Waals surface area contributed by atoms with Gasteiger partial charge in [-0.25, -0.2) is 9.82 Å². The lowest BCUT2D eigenvalue weighted by molar-refractivity contribution is 0.453. The molecule has 0 saturated carbocycles. The summed E-state index contributed by atoms with van der Waals surface area (Å²) in [6.07, 6.45) is 0. The molecule has 0 radical (unpaired) electrons. The van der Waals surface area contributed by atoms with E-state index in [1.807, 2.05) is 42.5 Å². The van der Waals surface area contributed by atoms with Crippen molar-refractivity contribution < 1.29 is 8.81 Å². The Bertz CT molecular complexity index is 729. The maximum Gasteiger partial charge on any atom is 0.169 e. The normalized spacial score (nSPS) is 12.7. The average molecular weight is 302 g/mol. The van der Waals surface area contributed by atoms with Crippen molar-refractivity contribution in [3.8, 4) is 0 Å². The highest BCUT2D eigenvalue weighted by Crippen LogP contribution is 2.29. The van der Waals surface area contributed by atoms with Crippen LogP contribution in [0.15, 0.2) is 63.9 Å². The second kappa shape index (κ2) is 6.30. The molecule has 2 aromatic carbocycles. The molecule has 0 aliphatic rings. The van der Waals surface area contributed by atoms with Crippen LogP contribution in [0.3, 0.4) is 0 Å². The first-order valence-electron chi connectivity index (χ1n) is 6.60. The summed E-state index contributed by atoms with van der Waals surface area (Å²) in [5, 5.41) is 0.745. The fraction of sp³-hybridized carbons (Fsp3) is 0.125. The number of nitrogens with two attached hydrogens (primary N) is 1. The largest absolute Gasteiger partial charge is 0.456 e. The van der Waals surface area contributed by atoms with Crippen LogP contribution in [0.5, 0.6) is 0 Å². The van der Waals surface area contributed by atoms with Gasteiger partial charge in [0.05, 0.1) is 6.04 Å². The average Bonchev–Trinajstić information content (AvgIpc) is 2.94. The van der Waals surface area contributed by atoms with Crippen molar-refractivity contribution in [2.75, 3.05) is 5.75 Å². The molecule has 0 fully saturated rings. The fourth-order valence-electron chi connectivity index (χ4n) is 2.13. The number of hydrazine groups is 1. The number of furan rings is 1. The molecule has 0 amide bonds. The maximum absolute atomic E-state index is 13.7. The van der Waals surface area contributed by atoms with Crippen molar-refractivity contribution in [1.82, 2.24) is 5.43 Å². The number of hydrogen-bond acceptors (Lipinski definition) is 4. The Morgan fingerprint density at radius 1 is 1.14 bits per heavy atom. The lowest BCUT2D eigenvalue weighted by Gasteiger charge is -2.12. The fourth-order valence-corrected chi connectivity index (χ4v) is 3.10. The molecule has 1 unspecified atom stereocenters. The molecule has 0 aliphatic carbocycles. The van der Waals surface area contributed by atoms with Gasteiger partial charge in [0.2, 0.25) is 0 Å². The molecule has 1 aromatic heterocycles. The van der Waals surface area contributed by atoms with Crippen LogP contribution in [0.25, 0.3) is 11.0 Å². The Kier molecular flexibility index (Phi) is 4.24. The quantitative estimate of drug-likeness (QED) is 0.427. The predicted molar refractivity (Wildman–Crippen MR) is 83.4 cm³/mol. The van der Waals surface area contributed by atoms with Crippen molar-refractivity contribution in [3.05, 3.63) is 66.2 Å². The summed E-state index contributed by atoms with van der Waals surface area (Å²) in [5.74, 6) is 6.59. The van der Waals surface area contributed by atoms with E-state index in [1.54, 1.807) is 17.8 Å². The van der Waals surface area contributed by atoms with Crippen LogP contribution < -0.4 is 11.3 Å². The number of thioether (sulfide) groups is 1. The van der Waals surface area contributed by atoms with E-state index in [-0.39, 0.29) is 17.4 Å². The molecule has 0 aliphatic heterocycles. The SMILES string of the molecule is NNC(CSc1ccccc1)c1cc2cccc(F)c2o1. The zero-order valence-electron chi connectivity index (χ0n) is 11.3. The lowest BCUT2D eigenvalue weighted by Crippen LogP contribution is -2.29. The predicted octanol–water partition coefficient (Wildman–Crippen LogP) is 3.87. The van der Waals surface area contributed by atoms with Gasteiger partial charge in [0.15, 0.2) is 11.4 Å². The van der Waals surface area contributed by atoms with Crippen molar-refractivity contribution in [3.63, 3.8) is 0 Å². The molecule has 0 bridgehead atoms. The van der Waals surface area contributed by atoms with Gasteiger partial charge in [-0.2, -0.15) is 0 Å². The van der Waals surface area contributed by atoms with Gasteiger partial charge in [-0.15, -0.1) is 11.8 Å². The molecular weight excluding hydrogens is 287 g/mol. The van der Waals surface area contributed by atoms with Gasteiger partial charge in [0.1, 0.15) is 5.76 Å². The van der Waals surface area contributed by atoms with E-state index >= 15 is 0 Å². The topological polar surface area (TPSA) is 51.2 Å². The molecule has 5 heteroatoms. The molecule has 3 aromatic rings. The van der Waals surface area contributed by atoms with Crippen molar-refractivity contribution in [1.29, 1.82) is 0 Å². The van der Waals surface area contributed by atoms with E-state index in [1.165, 1.54) is 6.07 Å². The highest BCUT2D eigenvalue weighted by molar-refractivity contribution is 7.99. The number of halogens is 1. The molecule has 3 N–H and O–H groups in total. The maximum atomic E-state index is 13.7. The summed E-state index contributed by atoms with van der Waals surface area (Å²) in [6.45, 7) is 0. The standard InChI is InChI=1S/C16H15FN2OS/c17-13-8-4-5-11-9-15(20-16(11)13)14(19-18)10-21-12-6-2-1-3-7-12/h1-9,14,19H,10,18H2. The second-order valence-electron chi connectivity index (χ2n) is 4.65. The van der Waals surface area contributed by atoms with E-state index in [9.17, 15) is 4.39 Å². The summed E-state index contributed by atoms with van der Waals surface area (Å²) in [7, 11) is 0. The van der Waals surface area contributed by atoms with Crippen LogP contribution in [-0.4, -0.2) is 5.75 Å². The summed E-state index contributed by atoms with van der Waals surface area (Å²) in [6, 6.07) is 16.6. The van der Waals surface area contributed by atoms with E-state index in [0.29, 0.717) is 11.5 Å². The zero-order chi connectivity index (χ0) is 14.7. The molecule has 0 saturated heterocycles. The van der Waals surface area contributed by atoms with E-state index in [2.05, 4.69) is 5.43 Å². The number of nitrogens with one attached hydrogen (secondary N) is 1. The number of fused-ring (bicyclic) bond motifs is 1. The van der Waals surface area contributed by atoms with Crippen molar-refractivity contribution in [2.45, 2.75) is 10.9 Å². The zero-order valence-corrected chi connectivity index (χ0v) is 12.1. The molecule has 21 heavy (non-hydrogen) atoms. The lowest BCUT2D eigenvalue weighted by atomic mass is 10.2. The van der Waals surface area contributed by atoms with E-state index < -0.39 is 0 Å². The molecule has 0 spiro atoms. The van der Waals surface area contributed by atoms with Crippen LogP contribution in [0.4, 0.5) is 4.39 Å². The Morgan fingerprint density at radius 2 is 1.95 bits per heavy atom. The molecule has 3 nitrogen and oxygen atoms in total. The van der Waals surface area contributed by atoms with Crippen LogP contribution in [0, 0.1) is 5.82 Å². The number of para-hydroxylation sites is 1. The van der Waals surface area contributed by atoms with Gasteiger partial charge < -0.3 is 4.42 Å². The molecule has 3 rings (SSSR count). The first kappa shape index (κ1) is 14.1. The van der Waals surface area contributed by atoms with Crippen molar-refractivity contribution >= 4 is 22.7 Å². The molecular formula is C16H15FN2OS. The third-order valence-electron chi connectivity index (χ3n) is 3.22.